The molecule has 0 fully saturated rings. The Bertz CT molecular complexity index is 1750. The van der Waals surface area contributed by atoms with Crippen molar-refractivity contribution in [1.82, 2.24) is 5.16 Å². The van der Waals surface area contributed by atoms with Crippen molar-refractivity contribution in [3.63, 3.8) is 0 Å². The molecule has 0 bridgehead atoms. The highest BCUT2D eigenvalue weighted by molar-refractivity contribution is 6.07. The van der Waals surface area contributed by atoms with E-state index >= 15 is 0 Å². The maximum Gasteiger partial charge on any atom is 0.293 e. The molecule has 7 rings (SSSR count). The number of allylic oxidation sites excluding steroid dienone is 6. The Morgan fingerprint density at radius 3 is 1.60 bits per heavy atom. The van der Waals surface area contributed by atoms with Crippen LogP contribution in [0, 0.1) is 56.2 Å². The van der Waals surface area contributed by atoms with Crippen LogP contribution in [0.15, 0.2) is 38.6 Å². The number of hydrogen-bond acceptors (Lipinski definition) is 9. The SMILES string of the molecule is CC1C(C)(C)C2=C(C(=O)C(C=O)CC2)C1(C)C.CC1C(C)(C)C2=C(C(=O)CCC2)C1(C)C.CC1C(C)(C)C2=C(c3oncc3CC2)C1(C)C.CCOC=O.Cl.NO. The quantitative estimate of drug-likeness (QED) is 0.173. The van der Waals surface area contributed by atoms with Gasteiger partial charge in [-0.3, -0.25) is 14.4 Å². The highest BCUT2D eigenvalue weighted by atomic mass is 35.5. The lowest BCUT2D eigenvalue weighted by Gasteiger charge is -2.34. The average Bonchev–Trinajstić information content (AvgIpc) is 3.75. The molecule has 6 aliphatic carbocycles. The summed E-state index contributed by atoms with van der Waals surface area (Å²) < 4.78 is 9.69. The van der Waals surface area contributed by atoms with Crippen LogP contribution in [-0.4, -0.2) is 41.3 Å². The van der Waals surface area contributed by atoms with Crippen molar-refractivity contribution in [1.29, 1.82) is 0 Å². The summed E-state index contributed by atoms with van der Waals surface area (Å²) in [7, 11) is 0. The third-order valence-corrected chi connectivity index (χ3v) is 16.0. The molecule has 1 aromatic heterocycles. The lowest BCUT2D eigenvalue weighted by Crippen LogP contribution is -2.31. The molecule has 6 aliphatic rings. The van der Waals surface area contributed by atoms with Crippen LogP contribution in [0.3, 0.4) is 0 Å². The van der Waals surface area contributed by atoms with Crippen molar-refractivity contribution >= 4 is 42.3 Å². The Balaban J connectivity index is 0.000000271. The van der Waals surface area contributed by atoms with E-state index in [1.165, 1.54) is 34.3 Å². The normalized spacial score (nSPS) is 28.5. The van der Waals surface area contributed by atoms with Crippen LogP contribution in [0.1, 0.15) is 161 Å². The Labute approximate surface area is 349 Å². The molecule has 9 nitrogen and oxygen atoms in total. The maximum atomic E-state index is 12.4. The minimum atomic E-state index is -0.394. The van der Waals surface area contributed by atoms with E-state index in [4.69, 9.17) is 9.73 Å². The van der Waals surface area contributed by atoms with Crippen molar-refractivity contribution in [2.75, 3.05) is 6.61 Å². The molecule has 0 radical (unpaired) electrons. The van der Waals surface area contributed by atoms with Gasteiger partial charge >= 0.3 is 0 Å². The second-order valence-corrected chi connectivity index (χ2v) is 20.2. The summed E-state index contributed by atoms with van der Waals surface area (Å²) in [5.41, 5.74) is 9.97. The predicted molar refractivity (Wildman–Crippen MR) is 230 cm³/mol. The van der Waals surface area contributed by atoms with E-state index in [-0.39, 0.29) is 50.7 Å². The third kappa shape index (κ3) is 8.59. The fraction of sp³-hybridized carbons (Fsp3) is 0.723. The van der Waals surface area contributed by atoms with Crippen molar-refractivity contribution in [2.45, 2.75) is 156 Å². The van der Waals surface area contributed by atoms with Gasteiger partial charge in [0.2, 0.25) is 0 Å². The number of ether oxygens (including phenoxy) is 1. The van der Waals surface area contributed by atoms with Crippen molar-refractivity contribution in [3.05, 3.63) is 45.4 Å². The summed E-state index contributed by atoms with van der Waals surface area (Å²) in [5.74, 6) is 6.31. The topological polar surface area (TPSA) is 150 Å². The lowest BCUT2D eigenvalue weighted by molar-refractivity contribution is -0.128. The number of halogens is 1. The largest absolute Gasteiger partial charge is 0.468 e. The first-order valence-corrected chi connectivity index (χ1v) is 20.8. The number of carbonyl (C=O) groups is 4. The molecule has 4 atom stereocenters. The van der Waals surface area contributed by atoms with E-state index in [0.29, 0.717) is 43.0 Å². The van der Waals surface area contributed by atoms with E-state index < -0.39 is 5.92 Å². The number of aromatic nitrogens is 1. The fourth-order valence-corrected chi connectivity index (χ4v) is 11.3. The van der Waals surface area contributed by atoms with Crippen LogP contribution in [0.4, 0.5) is 0 Å². The molecule has 3 N–H and O–H groups in total. The zero-order valence-corrected chi connectivity index (χ0v) is 38.8. The molecular formula is C47H75ClN2O7. The maximum absolute atomic E-state index is 12.4. The van der Waals surface area contributed by atoms with E-state index in [1.807, 2.05) is 6.20 Å². The Kier molecular flexibility index (Phi) is 16.0. The molecule has 4 unspecified atom stereocenters. The number of fused-ring (bicyclic) bond motifs is 2. The number of aryl methyl sites for hydroxylation is 1. The molecule has 57 heavy (non-hydrogen) atoms. The van der Waals surface area contributed by atoms with Crippen molar-refractivity contribution in [2.24, 2.45) is 62.1 Å². The number of Topliss-reactive ketones (excluding diaryl/α,β-unsaturated/α-hetero) is 2. The molecule has 1 heterocycles. The van der Waals surface area contributed by atoms with Crippen molar-refractivity contribution < 1.29 is 33.6 Å². The number of carbonyl (C=O) groups excluding carboxylic acids is 4. The molecule has 0 saturated heterocycles. The van der Waals surface area contributed by atoms with Gasteiger partial charge in [-0.05, 0) is 95.7 Å². The minimum absolute atomic E-state index is 0. The number of ketones is 2. The highest BCUT2D eigenvalue weighted by Crippen LogP contribution is 2.64. The van der Waals surface area contributed by atoms with E-state index in [1.54, 1.807) is 12.5 Å². The molecule has 0 amide bonds. The summed E-state index contributed by atoms with van der Waals surface area (Å²) in [5, 5.41) is 10.5. The number of hydrogen-bond donors (Lipinski definition) is 2. The second kappa shape index (κ2) is 18.2. The van der Waals surface area contributed by atoms with Gasteiger partial charge in [-0.25, -0.2) is 5.90 Å². The van der Waals surface area contributed by atoms with Crippen LogP contribution in [0.2, 0.25) is 0 Å². The zero-order chi connectivity index (χ0) is 43.0. The number of rotatable bonds is 3. The first-order valence-electron chi connectivity index (χ1n) is 20.8. The average molecular weight is 816 g/mol. The van der Waals surface area contributed by atoms with Crippen LogP contribution in [0.25, 0.3) is 5.57 Å². The van der Waals surface area contributed by atoms with Crippen LogP contribution in [0.5, 0.6) is 0 Å². The van der Waals surface area contributed by atoms with E-state index in [9.17, 15) is 19.2 Å². The Morgan fingerprint density at radius 2 is 1.16 bits per heavy atom. The molecular weight excluding hydrogens is 740 g/mol. The first-order chi connectivity index (χ1) is 25.8. The number of nitrogens with zero attached hydrogens (tertiary/aromatic N) is 1. The third-order valence-electron chi connectivity index (χ3n) is 16.0. The van der Waals surface area contributed by atoms with E-state index in [0.717, 1.165) is 49.7 Å². The van der Waals surface area contributed by atoms with Gasteiger partial charge in [0.05, 0.1) is 18.7 Å². The van der Waals surface area contributed by atoms with Gasteiger partial charge in [-0.2, -0.15) is 0 Å². The van der Waals surface area contributed by atoms with Gasteiger partial charge in [0.1, 0.15) is 6.29 Å². The summed E-state index contributed by atoms with van der Waals surface area (Å²) in [6, 6.07) is 0. The molecule has 0 aliphatic heterocycles. The number of aldehydes is 1. The smallest absolute Gasteiger partial charge is 0.293 e. The molecule has 1 aromatic rings. The highest BCUT2D eigenvalue weighted by Gasteiger charge is 2.55. The van der Waals surface area contributed by atoms with Gasteiger partial charge in [0, 0.05) is 28.7 Å². The molecule has 10 heteroatoms. The van der Waals surface area contributed by atoms with Gasteiger partial charge in [0.15, 0.2) is 17.3 Å². The van der Waals surface area contributed by atoms with Crippen LogP contribution in [-0.2, 0) is 30.3 Å². The van der Waals surface area contributed by atoms with Crippen LogP contribution < -0.4 is 5.90 Å². The number of nitrogens with two attached hydrogens (primary N) is 1. The minimum Gasteiger partial charge on any atom is -0.468 e. The first kappa shape index (κ1) is 50.3. The summed E-state index contributed by atoms with van der Waals surface area (Å²) in [6.07, 6.45) is 9.56. The van der Waals surface area contributed by atoms with Gasteiger partial charge < -0.3 is 19.3 Å². The van der Waals surface area contributed by atoms with E-state index in [2.05, 4.69) is 120 Å². The summed E-state index contributed by atoms with van der Waals surface area (Å²) >= 11 is 0. The predicted octanol–water partition coefficient (Wildman–Crippen LogP) is 10.9. The fourth-order valence-electron chi connectivity index (χ4n) is 11.3. The van der Waals surface area contributed by atoms with Gasteiger partial charge in [0.25, 0.3) is 6.47 Å². The Hall–Kier alpha value is -2.88. The molecule has 0 saturated carbocycles. The lowest BCUT2D eigenvalue weighted by atomic mass is 9.69. The molecule has 0 aromatic carbocycles. The molecule has 0 spiro atoms. The second-order valence-electron chi connectivity index (χ2n) is 20.2. The van der Waals surface area contributed by atoms with Gasteiger partial charge in [-0.15, -0.1) is 12.4 Å². The van der Waals surface area contributed by atoms with Crippen LogP contribution >= 0.6 is 12.4 Å². The standard InChI is InChI=1S/C15H21NO.C15H22O2.C14H22O.C3H6O2.ClH.H3NO/c1-9-14(2,3)11-7-6-10-8-16-17-13(10)12(11)15(9,4)5;1-9-14(2,3)11-7-6-10(8-16)13(17)12(11)15(9,4)5;1-9-13(2,3)10-7-6-8-11(15)12(10)14(9,4)5;1-2-5-3-4;;1-2/h8-9H,6-7H2,1-5H3;8-10H,6-7H2,1-5H3;9H,6-8H2,1-5H3;3H,2H2,1H3;1H;2H,1H2. The van der Waals surface area contributed by atoms with Crippen molar-refractivity contribution in [3.8, 4) is 0 Å². The van der Waals surface area contributed by atoms with Gasteiger partial charge in [-0.1, -0.05) is 126 Å². The summed E-state index contributed by atoms with van der Waals surface area (Å²) in [6.45, 7) is 36.9. The molecule has 322 valence electrons. The monoisotopic (exact) mass is 815 g/mol. The summed E-state index contributed by atoms with van der Waals surface area (Å²) in [4.78, 5) is 44.6. The Morgan fingerprint density at radius 1 is 0.702 bits per heavy atom. The zero-order valence-electron chi connectivity index (χ0n) is 38.0.